The van der Waals surface area contributed by atoms with Crippen molar-refractivity contribution in [2.45, 2.75) is 51.4 Å². The summed E-state index contributed by atoms with van der Waals surface area (Å²) in [5, 5.41) is 4.26. The van der Waals surface area contributed by atoms with E-state index in [0.717, 1.165) is 6.20 Å². The van der Waals surface area contributed by atoms with Gasteiger partial charge in [0.05, 0.1) is 5.69 Å². The Bertz CT molecular complexity index is 1360. The standard InChI is InChI=1S/C25H31F3N5O3P/c1-24(2,3)36-23(34)33-10-6-7-15(14-33)31-22-30-13-19(25(26,27)28)21(32-22)18-12-29-20-11-16(37(4,5)35)8-9-17(18)20/h8-9,11-13,15,29H,6-7,10,14H2,1-5H3,(H,30,31,32)/t15-/m0/s1. The van der Waals surface area contributed by atoms with Gasteiger partial charge in [-0.15, -0.1) is 0 Å². The number of anilines is 1. The molecule has 2 aromatic heterocycles. The van der Waals surface area contributed by atoms with Crippen molar-refractivity contribution in [2.24, 2.45) is 0 Å². The van der Waals surface area contributed by atoms with Crippen LogP contribution in [-0.2, 0) is 15.5 Å². The van der Waals surface area contributed by atoms with Crippen LogP contribution in [0.25, 0.3) is 22.2 Å². The Kier molecular flexibility index (Phi) is 7.05. The molecule has 1 fully saturated rings. The minimum atomic E-state index is -4.67. The van der Waals surface area contributed by atoms with Crippen LogP contribution in [0, 0.1) is 0 Å². The largest absolute Gasteiger partial charge is 0.444 e. The summed E-state index contributed by atoms with van der Waals surface area (Å²) in [6, 6.07) is 4.77. The number of ether oxygens (including phenoxy) is 1. The average molecular weight is 538 g/mol. The molecule has 8 nitrogen and oxygen atoms in total. The van der Waals surface area contributed by atoms with Crippen LogP contribution in [0.5, 0.6) is 0 Å². The molecule has 0 spiro atoms. The molecule has 1 aliphatic rings. The van der Waals surface area contributed by atoms with Crippen LogP contribution < -0.4 is 10.6 Å². The summed E-state index contributed by atoms with van der Waals surface area (Å²) in [6.45, 7) is 9.49. The van der Waals surface area contributed by atoms with Crippen LogP contribution in [0.1, 0.15) is 39.2 Å². The molecule has 0 unspecified atom stereocenters. The maximum atomic E-state index is 13.9. The quantitative estimate of drug-likeness (QED) is 0.414. The second kappa shape index (κ2) is 9.67. The molecule has 0 aliphatic carbocycles. The van der Waals surface area contributed by atoms with Crippen molar-refractivity contribution in [2.75, 3.05) is 31.7 Å². The number of halogens is 3. The van der Waals surface area contributed by atoms with Crippen LogP contribution in [0.2, 0.25) is 0 Å². The number of nitrogens with one attached hydrogen (secondary N) is 2. The van der Waals surface area contributed by atoms with Gasteiger partial charge in [0, 0.05) is 53.3 Å². The van der Waals surface area contributed by atoms with Gasteiger partial charge in [0.1, 0.15) is 18.3 Å². The Hall–Kier alpha value is -3.07. The number of hydrogen-bond acceptors (Lipinski definition) is 6. The van der Waals surface area contributed by atoms with E-state index in [1.165, 1.54) is 6.20 Å². The molecular weight excluding hydrogens is 506 g/mol. The van der Waals surface area contributed by atoms with Crippen LogP contribution in [0.3, 0.4) is 0 Å². The van der Waals surface area contributed by atoms with Gasteiger partial charge < -0.3 is 24.5 Å². The van der Waals surface area contributed by atoms with Crippen LogP contribution >= 0.6 is 7.14 Å². The van der Waals surface area contributed by atoms with Crippen LogP contribution in [0.4, 0.5) is 23.9 Å². The molecular formula is C25H31F3N5O3P. The number of hydrogen-bond donors (Lipinski definition) is 2. The third-order valence-electron chi connectivity index (χ3n) is 6.04. The van der Waals surface area contributed by atoms with E-state index in [-0.39, 0.29) is 23.2 Å². The summed E-state index contributed by atoms with van der Waals surface area (Å²) in [4.78, 5) is 25.3. The van der Waals surface area contributed by atoms with E-state index in [4.69, 9.17) is 4.74 Å². The molecule has 200 valence electrons. The molecule has 4 rings (SSSR count). The third kappa shape index (κ3) is 6.26. The first kappa shape index (κ1) is 27.0. The maximum absolute atomic E-state index is 13.9. The second-order valence-corrected chi connectivity index (χ2v) is 13.9. The fourth-order valence-electron chi connectivity index (χ4n) is 4.28. The monoisotopic (exact) mass is 537 g/mol. The van der Waals surface area contributed by atoms with E-state index in [0.29, 0.717) is 42.1 Å². The normalized spacial score (nSPS) is 17.2. The smallest absolute Gasteiger partial charge is 0.419 e. The lowest BCUT2D eigenvalue weighted by Crippen LogP contribution is -2.47. The van der Waals surface area contributed by atoms with Crippen molar-refractivity contribution in [3.8, 4) is 11.3 Å². The van der Waals surface area contributed by atoms with E-state index in [1.54, 1.807) is 57.2 Å². The lowest BCUT2D eigenvalue weighted by molar-refractivity contribution is -0.137. The highest BCUT2D eigenvalue weighted by Crippen LogP contribution is 2.40. The number of carbonyl (C=O) groups excluding carboxylic acids is 1. The van der Waals surface area contributed by atoms with Gasteiger partial charge in [-0.05, 0) is 53.0 Å². The van der Waals surface area contributed by atoms with Crippen molar-refractivity contribution in [3.63, 3.8) is 0 Å². The Morgan fingerprint density at radius 3 is 2.62 bits per heavy atom. The van der Waals surface area contributed by atoms with Crippen LogP contribution in [-0.4, -0.2) is 64.0 Å². The Morgan fingerprint density at radius 1 is 1.24 bits per heavy atom. The number of rotatable bonds is 4. The van der Waals surface area contributed by atoms with E-state index >= 15 is 0 Å². The van der Waals surface area contributed by atoms with Crippen molar-refractivity contribution in [1.82, 2.24) is 19.9 Å². The number of carbonyl (C=O) groups is 1. The molecule has 1 atom stereocenters. The number of nitrogens with zero attached hydrogens (tertiary/aromatic N) is 3. The van der Waals surface area contributed by atoms with E-state index < -0.39 is 30.6 Å². The summed E-state index contributed by atoms with van der Waals surface area (Å²) in [5.74, 6) is 0.0385. The van der Waals surface area contributed by atoms with Gasteiger partial charge in [-0.25, -0.2) is 14.8 Å². The Morgan fingerprint density at radius 2 is 1.97 bits per heavy atom. The first-order valence-corrected chi connectivity index (χ1v) is 14.6. The number of alkyl halides is 3. The number of aromatic nitrogens is 3. The molecule has 2 N–H and O–H groups in total. The number of H-pyrrole nitrogens is 1. The molecule has 3 aromatic rings. The van der Waals surface area contributed by atoms with Gasteiger partial charge in [-0.3, -0.25) is 0 Å². The lowest BCUT2D eigenvalue weighted by Gasteiger charge is -2.34. The fourth-order valence-corrected chi connectivity index (χ4v) is 5.15. The molecule has 1 amide bonds. The zero-order valence-electron chi connectivity index (χ0n) is 21.4. The number of piperidine rings is 1. The highest BCUT2D eigenvalue weighted by Gasteiger charge is 2.36. The predicted molar refractivity (Wildman–Crippen MR) is 138 cm³/mol. The number of aromatic amines is 1. The lowest BCUT2D eigenvalue weighted by atomic mass is 10.1. The molecule has 1 aliphatic heterocycles. The van der Waals surface area contributed by atoms with E-state index in [2.05, 4.69) is 20.3 Å². The number of amides is 1. The molecule has 37 heavy (non-hydrogen) atoms. The summed E-state index contributed by atoms with van der Waals surface area (Å²) in [7, 11) is -2.55. The SMILES string of the molecule is CC(C)(C)OC(=O)N1CCC[C@H](Nc2ncc(C(F)(F)F)c(-c3c[nH]c4cc(P(C)(C)=O)ccc34)n2)C1. The maximum Gasteiger partial charge on any atom is 0.419 e. The summed E-state index contributed by atoms with van der Waals surface area (Å²) < 4.78 is 59.7. The molecule has 0 saturated carbocycles. The van der Waals surface area contributed by atoms with Crippen molar-refractivity contribution < 1.29 is 27.3 Å². The van der Waals surface area contributed by atoms with Crippen molar-refractivity contribution >= 4 is 35.4 Å². The first-order chi connectivity index (χ1) is 17.1. The molecule has 1 saturated heterocycles. The minimum absolute atomic E-state index is 0.0385. The molecule has 0 radical (unpaired) electrons. The number of fused-ring (bicyclic) bond motifs is 1. The summed E-state index contributed by atoms with van der Waals surface area (Å²) in [5.41, 5.74) is -1.02. The number of benzene rings is 1. The van der Waals surface area contributed by atoms with Gasteiger partial charge in [-0.1, -0.05) is 12.1 Å². The zero-order valence-corrected chi connectivity index (χ0v) is 22.3. The fraction of sp³-hybridized carbons (Fsp3) is 0.480. The van der Waals surface area contributed by atoms with Gasteiger partial charge in [0.25, 0.3) is 0 Å². The van der Waals surface area contributed by atoms with Gasteiger partial charge >= 0.3 is 12.3 Å². The second-order valence-electron chi connectivity index (χ2n) is 10.6. The summed E-state index contributed by atoms with van der Waals surface area (Å²) in [6.07, 6.45) is -1.46. The Balaban J connectivity index is 1.65. The minimum Gasteiger partial charge on any atom is -0.444 e. The molecule has 1 aromatic carbocycles. The summed E-state index contributed by atoms with van der Waals surface area (Å²) >= 11 is 0. The third-order valence-corrected chi connectivity index (χ3v) is 7.56. The Labute approximate surface area is 213 Å². The van der Waals surface area contributed by atoms with Crippen LogP contribution in [0.15, 0.2) is 30.6 Å². The van der Waals surface area contributed by atoms with Gasteiger partial charge in [0.15, 0.2) is 0 Å². The van der Waals surface area contributed by atoms with E-state index in [9.17, 15) is 22.5 Å². The number of likely N-dealkylation sites (tertiary alicyclic amines) is 1. The van der Waals surface area contributed by atoms with Crippen molar-refractivity contribution in [1.29, 1.82) is 0 Å². The zero-order chi connectivity index (χ0) is 27.2. The molecule has 3 heterocycles. The molecule has 12 heteroatoms. The molecule has 0 bridgehead atoms. The topological polar surface area (TPSA) is 100 Å². The van der Waals surface area contributed by atoms with E-state index in [1.807, 2.05) is 0 Å². The highest BCUT2D eigenvalue weighted by atomic mass is 31.2. The average Bonchev–Trinajstić information content (AvgIpc) is 3.20. The van der Waals surface area contributed by atoms with Gasteiger partial charge in [-0.2, -0.15) is 13.2 Å². The highest BCUT2D eigenvalue weighted by molar-refractivity contribution is 7.70. The first-order valence-electron chi connectivity index (χ1n) is 12.0. The van der Waals surface area contributed by atoms with Crippen molar-refractivity contribution in [3.05, 3.63) is 36.2 Å². The predicted octanol–water partition coefficient (Wildman–Crippen LogP) is 5.70. The van der Waals surface area contributed by atoms with Gasteiger partial charge in [0.2, 0.25) is 5.95 Å².